The van der Waals surface area contributed by atoms with E-state index in [1.54, 1.807) is 0 Å². The summed E-state index contributed by atoms with van der Waals surface area (Å²) in [6.07, 6.45) is 1.88. The summed E-state index contributed by atoms with van der Waals surface area (Å²) < 4.78 is 2.09. The third-order valence-electron chi connectivity index (χ3n) is 3.24. The Bertz CT molecular complexity index is 794. The number of hydrogen-bond donors (Lipinski definition) is 3. The minimum atomic E-state index is -1.13. The van der Waals surface area contributed by atoms with Gasteiger partial charge in [0.25, 0.3) is 0 Å². The molecule has 2 rings (SSSR count). The second-order valence-corrected chi connectivity index (χ2v) is 5.34. The van der Waals surface area contributed by atoms with Gasteiger partial charge in [-0.25, -0.2) is 4.79 Å². The highest BCUT2D eigenvalue weighted by Gasteiger charge is 2.10. The zero-order chi connectivity index (χ0) is 17.7. The largest absolute Gasteiger partial charge is 0.478 e. The number of nitrogens with one attached hydrogen (secondary N) is 1. The van der Waals surface area contributed by atoms with Crippen LogP contribution in [0, 0.1) is 16.7 Å². The molecule has 0 bridgehead atoms. The zero-order valence-corrected chi connectivity index (χ0v) is 13.4. The fourth-order valence-electron chi connectivity index (χ4n) is 1.95. The Hall–Kier alpha value is -3.07. The molecule has 0 atom stereocenters. The molecule has 0 unspecified atom stereocenters. The normalized spacial score (nSPS) is 9.87. The van der Waals surface area contributed by atoms with Crippen molar-refractivity contribution in [3.63, 3.8) is 0 Å². The maximum absolute atomic E-state index is 9.90. The van der Waals surface area contributed by atoms with Crippen LogP contribution in [0.3, 0.4) is 0 Å². The molecule has 0 saturated heterocycles. The lowest BCUT2D eigenvalue weighted by Gasteiger charge is -2.08. The first-order valence-corrected chi connectivity index (χ1v) is 6.96. The molecule has 0 aliphatic rings. The number of nitrogens with two attached hydrogens (primary N) is 1. The molecule has 120 valence electrons. The zero-order valence-electron chi connectivity index (χ0n) is 13.4. The van der Waals surface area contributed by atoms with E-state index in [-0.39, 0.29) is 11.3 Å². The number of carboxylic acids is 1. The van der Waals surface area contributed by atoms with Crippen LogP contribution in [0.5, 0.6) is 0 Å². The third-order valence-corrected chi connectivity index (χ3v) is 3.24. The van der Waals surface area contributed by atoms with Crippen molar-refractivity contribution < 1.29 is 9.90 Å². The number of aromatic nitrogens is 1. The van der Waals surface area contributed by atoms with E-state index in [1.165, 1.54) is 6.92 Å². The molecule has 0 fully saturated rings. The molecule has 23 heavy (non-hydrogen) atoms. The average Bonchev–Trinajstić information content (AvgIpc) is 2.84. The van der Waals surface area contributed by atoms with Crippen molar-refractivity contribution in [2.45, 2.75) is 26.8 Å². The smallest absolute Gasteiger partial charge is 0.336 e. The van der Waals surface area contributed by atoms with Crippen molar-refractivity contribution in [3.05, 3.63) is 42.1 Å². The monoisotopic (exact) mass is 312 g/mol. The number of rotatable bonds is 3. The van der Waals surface area contributed by atoms with Crippen LogP contribution in [-0.4, -0.2) is 21.4 Å². The average molecular weight is 312 g/mol. The number of anilines is 1. The molecule has 6 nitrogen and oxygen atoms in total. The van der Waals surface area contributed by atoms with Gasteiger partial charge >= 0.3 is 5.97 Å². The van der Waals surface area contributed by atoms with E-state index >= 15 is 0 Å². The first kappa shape index (κ1) is 18.0. The van der Waals surface area contributed by atoms with Crippen LogP contribution in [0.2, 0.25) is 0 Å². The first-order chi connectivity index (χ1) is 10.7. The van der Waals surface area contributed by atoms with Gasteiger partial charge in [-0.3, -0.25) is 0 Å². The summed E-state index contributed by atoms with van der Waals surface area (Å²) in [5.74, 6) is -1.13. The number of benzene rings is 1. The lowest BCUT2D eigenvalue weighted by Crippen LogP contribution is -2.05. The van der Waals surface area contributed by atoms with Crippen LogP contribution in [0.25, 0.3) is 10.9 Å². The summed E-state index contributed by atoms with van der Waals surface area (Å²) in [5.41, 5.74) is 8.01. The molecule has 1 heterocycles. The van der Waals surface area contributed by atoms with Gasteiger partial charge in [0.05, 0.1) is 11.1 Å². The molecule has 0 spiro atoms. The maximum atomic E-state index is 9.90. The molecule has 0 radical (unpaired) electrons. The molecule has 1 aromatic carbocycles. The standard InChI is InChI=1S/C12H13N3.C5H7NO2/c1-8(2)15-7-9(6-13)11-5-10(14)3-4-12(11)15;1-3(4(2)6)5(7)8/h3-5,7-8H,14H2,1-2H3;6H,1H2,2H3,(H,7,8). The van der Waals surface area contributed by atoms with Crippen LogP contribution < -0.4 is 5.73 Å². The highest BCUT2D eigenvalue weighted by molar-refractivity contribution is 6.16. The molecule has 1 aromatic heterocycles. The Morgan fingerprint density at radius 1 is 1.48 bits per heavy atom. The van der Waals surface area contributed by atoms with E-state index in [9.17, 15) is 4.79 Å². The Morgan fingerprint density at radius 2 is 2.09 bits per heavy atom. The fourth-order valence-corrected chi connectivity index (χ4v) is 1.95. The summed E-state index contributed by atoms with van der Waals surface area (Å²) in [5, 5.41) is 24.8. The summed E-state index contributed by atoms with van der Waals surface area (Å²) in [6, 6.07) is 8.22. The quantitative estimate of drug-likeness (QED) is 0.458. The third kappa shape index (κ3) is 4.20. The Morgan fingerprint density at radius 3 is 2.48 bits per heavy atom. The van der Waals surface area contributed by atoms with Crippen molar-refractivity contribution in [3.8, 4) is 6.07 Å². The second kappa shape index (κ2) is 7.27. The number of hydrogen-bond acceptors (Lipinski definition) is 4. The van der Waals surface area contributed by atoms with Gasteiger partial charge in [-0.05, 0) is 39.0 Å². The van der Waals surface area contributed by atoms with Crippen LogP contribution in [-0.2, 0) is 4.79 Å². The van der Waals surface area contributed by atoms with Gasteiger partial charge < -0.3 is 20.8 Å². The van der Waals surface area contributed by atoms with Crippen LogP contribution in [0.1, 0.15) is 32.4 Å². The van der Waals surface area contributed by atoms with Gasteiger partial charge in [0.1, 0.15) is 6.07 Å². The lowest BCUT2D eigenvalue weighted by molar-refractivity contribution is -0.132. The van der Waals surface area contributed by atoms with E-state index in [4.69, 9.17) is 21.5 Å². The number of fused-ring (bicyclic) bond motifs is 1. The van der Waals surface area contributed by atoms with E-state index in [0.29, 0.717) is 17.3 Å². The number of nitriles is 1. The topological polar surface area (TPSA) is 116 Å². The molecule has 6 heteroatoms. The molecule has 4 N–H and O–H groups in total. The SMILES string of the molecule is C=C(C(C)=N)C(=O)O.CC(C)n1cc(C#N)c2cc(N)ccc21. The summed E-state index contributed by atoms with van der Waals surface area (Å²) >= 11 is 0. The second-order valence-electron chi connectivity index (χ2n) is 5.34. The molecule has 2 aromatic rings. The van der Waals surface area contributed by atoms with E-state index in [1.807, 2.05) is 24.4 Å². The van der Waals surface area contributed by atoms with Crippen molar-refractivity contribution in [1.29, 1.82) is 10.7 Å². The van der Waals surface area contributed by atoms with E-state index < -0.39 is 5.97 Å². The van der Waals surface area contributed by atoms with E-state index in [2.05, 4.69) is 31.1 Å². The highest BCUT2D eigenvalue weighted by Crippen LogP contribution is 2.25. The van der Waals surface area contributed by atoms with Gasteiger partial charge in [-0.1, -0.05) is 6.58 Å². The Kier molecular flexibility index (Phi) is 5.68. The fraction of sp³-hybridized carbons (Fsp3) is 0.235. The number of nitrogen functional groups attached to an aromatic ring is 1. The molecular weight excluding hydrogens is 292 g/mol. The predicted molar refractivity (Wildman–Crippen MR) is 91.6 cm³/mol. The first-order valence-electron chi connectivity index (χ1n) is 6.96. The molecule has 0 saturated carbocycles. The summed E-state index contributed by atoms with van der Waals surface area (Å²) in [4.78, 5) is 9.90. The predicted octanol–water partition coefficient (Wildman–Crippen LogP) is 3.34. The minimum Gasteiger partial charge on any atom is -0.478 e. The number of nitrogens with zero attached hydrogens (tertiary/aromatic N) is 2. The molecular formula is C17H20N4O2. The van der Waals surface area contributed by atoms with Crippen LogP contribution in [0.15, 0.2) is 36.5 Å². The minimum absolute atomic E-state index is 0.00231. The Labute approximate surface area is 135 Å². The van der Waals surface area contributed by atoms with Crippen LogP contribution >= 0.6 is 0 Å². The van der Waals surface area contributed by atoms with Crippen LogP contribution in [0.4, 0.5) is 5.69 Å². The van der Waals surface area contributed by atoms with Crippen molar-refractivity contribution >= 4 is 28.3 Å². The maximum Gasteiger partial charge on any atom is 0.336 e. The van der Waals surface area contributed by atoms with Crippen molar-refractivity contribution in [1.82, 2.24) is 4.57 Å². The molecule has 0 aliphatic heterocycles. The lowest BCUT2D eigenvalue weighted by atomic mass is 10.2. The Balaban J connectivity index is 0.000000284. The molecule has 0 aliphatic carbocycles. The van der Waals surface area contributed by atoms with Gasteiger partial charge in [-0.15, -0.1) is 0 Å². The highest BCUT2D eigenvalue weighted by atomic mass is 16.4. The molecule has 0 amide bonds. The van der Waals surface area contributed by atoms with Crippen molar-refractivity contribution in [2.24, 2.45) is 0 Å². The van der Waals surface area contributed by atoms with Gasteiger partial charge in [0.15, 0.2) is 0 Å². The van der Waals surface area contributed by atoms with Gasteiger partial charge in [0.2, 0.25) is 0 Å². The van der Waals surface area contributed by atoms with E-state index in [0.717, 1.165) is 10.9 Å². The summed E-state index contributed by atoms with van der Waals surface area (Å²) in [6.45, 7) is 8.70. The number of carboxylic acid groups (broad SMARTS) is 1. The van der Waals surface area contributed by atoms with Gasteiger partial charge in [-0.2, -0.15) is 5.26 Å². The number of aliphatic carboxylic acids is 1. The van der Waals surface area contributed by atoms with Gasteiger partial charge in [0, 0.05) is 34.5 Å². The number of carbonyl (C=O) groups is 1. The summed E-state index contributed by atoms with van der Waals surface area (Å²) in [7, 11) is 0. The van der Waals surface area contributed by atoms with Crippen molar-refractivity contribution in [2.75, 3.05) is 5.73 Å².